The molecule has 0 radical (unpaired) electrons. The Kier molecular flexibility index (Phi) is 2.79. The van der Waals surface area contributed by atoms with Crippen molar-refractivity contribution in [1.29, 1.82) is 0 Å². The minimum atomic E-state index is -0.212. The molecule has 4 rings (SSSR count). The molecule has 0 unspecified atom stereocenters. The third-order valence-corrected chi connectivity index (χ3v) is 3.53. The maximum absolute atomic E-state index is 11.8. The van der Waals surface area contributed by atoms with Crippen LogP contribution in [0, 0.1) is 0 Å². The average Bonchev–Trinajstić information content (AvgIpc) is 3.10. The number of H-pyrrole nitrogens is 1. The van der Waals surface area contributed by atoms with Crippen LogP contribution in [0.15, 0.2) is 66.2 Å². The minimum Gasteiger partial charge on any atom is -0.306 e. The van der Waals surface area contributed by atoms with E-state index in [1.807, 2.05) is 35.0 Å². The molecule has 1 aromatic carbocycles. The Hall–Kier alpha value is -3.28. The Labute approximate surface area is 125 Å². The first-order valence-electron chi connectivity index (χ1n) is 6.74. The van der Waals surface area contributed by atoms with Crippen molar-refractivity contribution in [2.24, 2.45) is 0 Å². The molecule has 6 nitrogen and oxygen atoms in total. The minimum absolute atomic E-state index is 0.212. The molecule has 0 aliphatic carbocycles. The molecule has 0 aliphatic heterocycles. The zero-order chi connectivity index (χ0) is 14.9. The SMILES string of the molecule is O=c1[nH]nc(-c2ccc(-n3ccnc3)cc2)c2cnccc12. The van der Waals surface area contributed by atoms with Crippen molar-refractivity contribution in [3.8, 4) is 16.9 Å². The van der Waals surface area contributed by atoms with Crippen LogP contribution >= 0.6 is 0 Å². The van der Waals surface area contributed by atoms with Gasteiger partial charge in [-0.2, -0.15) is 5.10 Å². The van der Waals surface area contributed by atoms with Crippen molar-refractivity contribution in [3.63, 3.8) is 0 Å². The standard InChI is InChI=1S/C16H11N5O/c22-16-13-5-6-17-9-14(13)15(19-20-16)11-1-3-12(4-2-11)21-8-7-18-10-21/h1-10H,(H,20,22). The Balaban J connectivity index is 1.86. The highest BCUT2D eigenvalue weighted by molar-refractivity contribution is 5.92. The fourth-order valence-electron chi connectivity index (χ4n) is 2.43. The summed E-state index contributed by atoms with van der Waals surface area (Å²) in [6.07, 6.45) is 8.62. The van der Waals surface area contributed by atoms with Crippen molar-refractivity contribution in [2.75, 3.05) is 0 Å². The van der Waals surface area contributed by atoms with E-state index in [0.29, 0.717) is 11.1 Å². The van der Waals surface area contributed by atoms with Gasteiger partial charge in [0.2, 0.25) is 0 Å². The van der Waals surface area contributed by atoms with Crippen LogP contribution in [0.4, 0.5) is 0 Å². The number of aromatic nitrogens is 5. The predicted molar refractivity (Wildman–Crippen MR) is 82.7 cm³/mol. The van der Waals surface area contributed by atoms with Crippen LogP contribution < -0.4 is 5.56 Å². The monoisotopic (exact) mass is 289 g/mol. The lowest BCUT2D eigenvalue weighted by atomic mass is 10.1. The molecule has 1 N–H and O–H groups in total. The molecule has 0 amide bonds. The zero-order valence-corrected chi connectivity index (χ0v) is 11.5. The van der Waals surface area contributed by atoms with Crippen LogP contribution in [-0.4, -0.2) is 24.7 Å². The van der Waals surface area contributed by atoms with Gasteiger partial charge in [0.05, 0.1) is 11.7 Å². The van der Waals surface area contributed by atoms with E-state index < -0.39 is 0 Å². The summed E-state index contributed by atoms with van der Waals surface area (Å²) in [4.78, 5) is 19.9. The highest BCUT2D eigenvalue weighted by Gasteiger charge is 2.08. The number of fused-ring (bicyclic) bond motifs is 1. The highest BCUT2D eigenvalue weighted by Crippen LogP contribution is 2.24. The molecule has 0 bridgehead atoms. The molecule has 0 saturated carbocycles. The molecule has 0 spiro atoms. The first-order chi connectivity index (χ1) is 10.8. The van der Waals surface area contributed by atoms with Crippen LogP contribution in [0.3, 0.4) is 0 Å². The summed E-state index contributed by atoms with van der Waals surface area (Å²) < 4.78 is 1.92. The predicted octanol–water partition coefficient (Wildman–Crippen LogP) is 2.17. The first kappa shape index (κ1) is 12.5. The van der Waals surface area contributed by atoms with Gasteiger partial charge >= 0.3 is 0 Å². The van der Waals surface area contributed by atoms with Crippen LogP contribution in [-0.2, 0) is 0 Å². The van der Waals surface area contributed by atoms with E-state index in [2.05, 4.69) is 20.2 Å². The van der Waals surface area contributed by atoms with Crippen molar-refractivity contribution < 1.29 is 0 Å². The molecular formula is C16H11N5O. The number of pyridine rings is 1. The van der Waals surface area contributed by atoms with Crippen LogP contribution in [0.5, 0.6) is 0 Å². The molecule has 22 heavy (non-hydrogen) atoms. The van der Waals surface area contributed by atoms with Gasteiger partial charge in [-0.3, -0.25) is 9.78 Å². The largest absolute Gasteiger partial charge is 0.306 e. The molecule has 3 aromatic heterocycles. The highest BCUT2D eigenvalue weighted by atomic mass is 16.1. The number of nitrogens with zero attached hydrogens (tertiary/aromatic N) is 4. The van der Waals surface area contributed by atoms with Gasteiger partial charge in [0.25, 0.3) is 5.56 Å². The summed E-state index contributed by atoms with van der Waals surface area (Å²) >= 11 is 0. The molecule has 3 heterocycles. The quantitative estimate of drug-likeness (QED) is 0.613. The molecule has 0 fully saturated rings. The lowest BCUT2D eigenvalue weighted by Gasteiger charge is -2.06. The first-order valence-corrected chi connectivity index (χ1v) is 6.74. The number of imidazole rings is 1. The Morgan fingerprint density at radius 1 is 0.955 bits per heavy atom. The smallest absolute Gasteiger partial charge is 0.272 e. The summed E-state index contributed by atoms with van der Waals surface area (Å²) in [5, 5.41) is 8.03. The van der Waals surface area contributed by atoms with Crippen molar-refractivity contribution in [1.82, 2.24) is 24.7 Å². The number of hydrogen-bond donors (Lipinski definition) is 1. The summed E-state index contributed by atoms with van der Waals surface area (Å²) in [7, 11) is 0. The molecular weight excluding hydrogens is 278 g/mol. The molecule has 6 heteroatoms. The summed E-state index contributed by atoms with van der Waals surface area (Å²) in [6.45, 7) is 0. The number of nitrogens with one attached hydrogen (secondary N) is 1. The van der Waals surface area contributed by atoms with E-state index in [9.17, 15) is 4.79 Å². The number of rotatable bonds is 2. The van der Waals surface area contributed by atoms with Gasteiger partial charge in [0.15, 0.2) is 0 Å². The van der Waals surface area contributed by atoms with Gasteiger partial charge in [0, 0.05) is 41.4 Å². The van der Waals surface area contributed by atoms with Crippen LogP contribution in [0.25, 0.3) is 27.7 Å². The molecule has 0 atom stereocenters. The summed E-state index contributed by atoms with van der Waals surface area (Å²) in [5.41, 5.74) is 2.42. The van der Waals surface area contributed by atoms with E-state index in [-0.39, 0.29) is 5.56 Å². The van der Waals surface area contributed by atoms with Crippen LogP contribution in [0.1, 0.15) is 0 Å². The number of benzene rings is 1. The Morgan fingerprint density at radius 3 is 2.59 bits per heavy atom. The van der Waals surface area contributed by atoms with Gasteiger partial charge in [-0.1, -0.05) is 12.1 Å². The van der Waals surface area contributed by atoms with E-state index >= 15 is 0 Å². The third-order valence-electron chi connectivity index (χ3n) is 3.53. The number of hydrogen-bond acceptors (Lipinski definition) is 4. The third kappa shape index (κ3) is 1.98. The second-order valence-corrected chi connectivity index (χ2v) is 4.84. The average molecular weight is 289 g/mol. The van der Waals surface area contributed by atoms with Gasteiger partial charge < -0.3 is 4.57 Å². The van der Waals surface area contributed by atoms with E-state index in [4.69, 9.17) is 0 Å². The molecule has 106 valence electrons. The van der Waals surface area contributed by atoms with E-state index in [0.717, 1.165) is 16.6 Å². The van der Waals surface area contributed by atoms with Crippen molar-refractivity contribution in [3.05, 3.63) is 71.8 Å². The molecule has 0 saturated heterocycles. The lowest BCUT2D eigenvalue weighted by Crippen LogP contribution is -2.09. The Morgan fingerprint density at radius 2 is 1.82 bits per heavy atom. The fraction of sp³-hybridized carbons (Fsp3) is 0. The second kappa shape index (κ2) is 4.92. The normalized spacial score (nSPS) is 10.9. The maximum Gasteiger partial charge on any atom is 0.272 e. The summed E-state index contributed by atoms with van der Waals surface area (Å²) in [6, 6.07) is 9.57. The number of aromatic amines is 1. The lowest BCUT2D eigenvalue weighted by molar-refractivity contribution is 1.01. The van der Waals surface area contributed by atoms with Gasteiger partial charge in [-0.05, 0) is 18.2 Å². The fourth-order valence-corrected chi connectivity index (χ4v) is 2.43. The molecule has 0 aliphatic rings. The van der Waals surface area contributed by atoms with E-state index in [1.54, 1.807) is 31.0 Å². The molecule has 4 aromatic rings. The summed E-state index contributed by atoms with van der Waals surface area (Å²) in [5.74, 6) is 0. The Bertz CT molecular complexity index is 987. The van der Waals surface area contributed by atoms with Crippen LogP contribution in [0.2, 0.25) is 0 Å². The van der Waals surface area contributed by atoms with Gasteiger partial charge in [0.1, 0.15) is 5.69 Å². The maximum atomic E-state index is 11.8. The van der Waals surface area contributed by atoms with Gasteiger partial charge in [-0.25, -0.2) is 10.1 Å². The second-order valence-electron chi connectivity index (χ2n) is 4.84. The van der Waals surface area contributed by atoms with Crippen molar-refractivity contribution in [2.45, 2.75) is 0 Å². The van der Waals surface area contributed by atoms with E-state index in [1.165, 1.54) is 0 Å². The van der Waals surface area contributed by atoms with Crippen molar-refractivity contribution >= 4 is 10.8 Å². The van der Waals surface area contributed by atoms with Gasteiger partial charge in [-0.15, -0.1) is 0 Å². The topological polar surface area (TPSA) is 76.5 Å². The zero-order valence-electron chi connectivity index (χ0n) is 11.5.